The first-order valence-corrected chi connectivity index (χ1v) is 8.71. The van der Waals surface area contributed by atoms with Crippen LogP contribution in [-0.4, -0.2) is 6.61 Å². The van der Waals surface area contributed by atoms with E-state index in [0.29, 0.717) is 12.0 Å². The smallest absolute Gasteiger partial charge is 0.119 e. The van der Waals surface area contributed by atoms with E-state index in [1.54, 1.807) is 0 Å². The molecule has 4 N–H and O–H groups in total. The SMILES string of the molecule is CC(C)CCOc1ccc(C2CC(c3cccc(N)c3)NN2)cc1. The maximum Gasteiger partial charge on any atom is 0.119 e. The van der Waals surface area contributed by atoms with Crippen molar-refractivity contribution < 1.29 is 4.74 Å². The first kappa shape index (κ1) is 16.8. The number of hydrogen-bond acceptors (Lipinski definition) is 4. The van der Waals surface area contributed by atoms with Crippen LogP contribution in [0.15, 0.2) is 48.5 Å². The van der Waals surface area contributed by atoms with Crippen LogP contribution in [-0.2, 0) is 0 Å². The first-order chi connectivity index (χ1) is 11.6. The van der Waals surface area contributed by atoms with E-state index in [-0.39, 0.29) is 6.04 Å². The van der Waals surface area contributed by atoms with Gasteiger partial charge in [0.1, 0.15) is 5.75 Å². The number of rotatable bonds is 6. The van der Waals surface area contributed by atoms with Gasteiger partial charge in [-0.1, -0.05) is 38.1 Å². The van der Waals surface area contributed by atoms with Crippen LogP contribution in [0.25, 0.3) is 0 Å². The quantitative estimate of drug-likeness (QED) is 0.703. The molecular weight excluding hydrogens is 298 g/mol. The summed E-state index contributed by atoms with van der Waals surface area (Å²) in [6.07, 6.45) is 2.08. The molecule has 0 aromatic heterocycles. The summed E-state index contributed by atoms with van der Waals surface area (Å²) >= 11 is 0. The minimum absolute atomic E-state index is 0.278. The molecule has 2 aromatic carbocycles. The van der Waals surface area contributed by atoms with Gasteiger partial charge in [0, 0.05) is 17.8 Å². The Balaban J connectivity index is 1.57. The number of benzene rings is 2. The fraction of sp³-hybridized carbons (Fsp3) is 0.400. The van der Waals surface area contributed by atoms with E-state index < -0.39 is 0 Å². The number of nitrogens with two attached hydrogens (primary N) is 1. The van der Waals surface area contributed by atoms with Crippen LogP contribution in [0.2, 0.25) is 0 Å². The summed E-state index contributed by atoms with van der Waals surface area (Å²) in [6.45, 7) is 5.20. The minimum atomic E-state index is 0.278. The molecule has 3 rings (SSSR count). The van der Waals surface area contributed by atoms with Gasteiger partial charge >= 0.3 is 0 Å². The van der Waals surface area contributed by atoms with Gasteiger partial charge in [0.05, 0.1) is 6.61 Å². The Kier molecular flexibility index (Phi) is 5.38. The number of nitrogens with one attached hydrogen (secondary N) is 2. The van der Waals surface area contributed by atoms with E-state index in [9.17, 15) is 0 Å². The molecule has 0 aliphatic carbocycles. The zero-order chi connectivity index (χ0) is 16.9. The van der Waals surface area contributed by atoms with Crippen LogP contribution in [0, 0.1) is 5.92 Å². The van der Waals surface area contributed by atoms with E-state index in [1.807, 2.05) is 18.2 Å². The largest absolute Gasteiger partial charge is 0.494 e. The number of hydrogen-bond donors (Lipinski definition) is 3. The Bertz CT molecular complexity index is 654. The van der Waals surface area contributed by atoms with Crippen molar-refractivity contribution >= 4 is 5.69 Å². The molecule has 24 heavy (non-hydrogen) atoms. The molecule has 0 radical (unpaired) electrons. The van der Waals surface area contributed by atoms with Crippen molar-refractivity contribution in [2.75, 3.05) is 12.3 Å². The van der Waals surface area contributed by atoms with Crippen molar-refractivity contribution in [3.05, 3.63) is 59.7 Å². The maximum atomic E-state index is 5.89. The van der Waals surface area contributed by atoms with Crippen molar-refractivity contribution in [2.45, 2.75) is 38.8 Å². The fourth-order valence-corrected chi connectivity index (χ4v) is 2.98. The lowest BCUT2D eigenvalue weighted by Crippen LogP contribution is -2.26. The van der Waals surface area contributed by atoms with Gasteiger partial charge in [0.15, 0.2) is 0 Å². The molecule has 0 saturated carbocycles. The molecule has 0 amide bonds. The summed E-state index contributed by atoms with van der Waals surface area (Å²) in [5.74, 6) is 1.61. The summed E-state index contributed by atoms with van der Waals surface area (Å²) in [4.78, 5) is 0. The van der Waals surface area contributed by atoms with Gasteiger partial charge in [0.2, 0.25) is 0 Å². The minimum Gasteiger partial charge on any atom is -0.494 e. The van der Waals surface area contributed by atoms with Crippen molar-refractivity contribution in [3.63, 3.8) is 0 Å². The average Bonchev–Trinajstić information content (AvgIpc) is 3.05. The summed E-state index contributed by atoms with van der Waals surface area (Å²) < 4.78 is 5.79. The lowest BCUT2D eigenvalue weighted by molar-refractivity contribution is 0.289. The second-order valence-corrected chi connectivity index (χ2v) is 6.90. The van der Waals surface area contributed by atoms with Gasteiger partial charge < -0.3 is 10.5 Å². The molecule has 1 saturated heterocycles. The third-order valence-electron chi connectivity index (χ3n) is 4.46. The fourth-order valence-electron chi connectivity index (χ4n) is 2.98. The van der Waals surface area contributed by atoms with Crippen LogP contribution in [0.3, 0.4) is 0 Å². The Hall–Kier alpha value is -2.04. The van der Waals surface area contributed by atoms with Gasteiger partial charge in [-0.2, -0.15) is 0 Å². The van der Waals surface area contributed by atoms with Crippen LogP contribution in [0.4, 0.5) is 5.69 Å². The predicted octanol–water partition coefficient (Wildman–Crippen LogP) is 3.97. The number of anilines is 1. The predicted molar refractivity (Wildman–Crippen MR) is 98.6 cm³/mol. The lowest BCUT2D eigenvalue weighted by atomic mass is 9.97. The summed E-state index contributed by atoms with van der Waals surface area (Å²) in [6, 6.07) is 17.1. The second kappa shape index (κ2) is 7.69. The summed E-state index contributed by atoms with van der Waals surface area (Å²) in [7, 11) is 0. The molecule has 1 aliphatic rings. The van der Waals surface area contributed by atoms with E-state index in [0.717, 1.165) is 30.9 Å². The molecule has 2 aromatic rings. The molecule has 4 heteroatoms. The van der Waals surface area contributed by atoms with Gasteiger partial charge in [-0.25, -0.2) is 10.9 Å². The molecule has 1 heterocycles. The lowest BCUT2D eigenvalue weighted by Gasteiger charge is -2.12. The van der Waals surface area contributed by atoms with Crippen molar-refractivity contribution in [3.8, 4) is 5.75 Å². The molecule has 2 atom stereocenters. The van der Waals surface area contributed by atoms with E-state index in [4.69, 9.17) is 10.5 Å². The van der Waals surface area contributed by atoms with Gasteiger partial charge in [-0.15, -0.1) is 0 Å². The summed E-state index contributed by atoms with van der Waals surface area (Å²) in [5, 5.41) is 0. The molecule has 0 bridgehead atoms. The number of nitrogen functional groups attached to an aromatic ring is 1. The van der Waals surface area contributed by atoms with E-state index in [2.05, 4.69) is 55.0 Å². The molecule has 128 valence electrons. The Morgan fingerprint density at radius 2 is 1.75 bits per heavy atom. The van der Waals surface area contributed by atoms with Crippen LogP contribution < -0.4 is 21.3 Å². The van der Waals surface area contributed by atoms with Gasteiger partial charge in [0.25, 0.3) is 0 Å². The normalized spacial score (nSPS) is 20.5. The monoisotopic (exact) mass is 325 g/mol. The zero-order valence-corrected chi connectivity index (χ0v) is 14.5. The Labute approximate surface area is 144 Å². The topological polar surface area (TPSA) is 59.3 Å². The first-order valence-electron chi connectivity index (χ1n) is 8.71. The van der Waals surface area contributed by atoms with Gasteiger partial charge in [-0.05, 0) is 54.2 Å². The molecule has 0 spiro atoms. The average molecular weight is 325 g/mol. The Morgan fingerprint density at radius 3 is 2.42 bits per heavy atom. The maximum absolute atomic E-state index is 5.89. The third kappa shape index (κ3) is 4.28. The van der Waals surface area contributed by atoms with Crippen LogP contribution in [0.1, 0.15) is 49.9 Å². The third-order valence-corrected chi connectivity index (χ3v) is 4.46. The van der Waals surface area contributed by atoms with Crippen molar-refractivity contribution in [1.29, 1.82) is 0 Å². The molecular formula is C20H27N3O. The highest BCUT2D eigenvalue weighted by Gasteiger charge is 2.26. The summed E-state index contributed by atoms with van der Waals surface area (Å²) in [5.41, 5.74) is 15.9. The van der Waals surface area contributed by atoms with Crippen molar-refractivity contribution in [2.24, 2.45) is 5.92 Å². The molecule has 2 unspecified atom stereocenters. The van der Waals surface area contributed by atoms with Gasteiger partial charge in [-0.3, -0.25) is 0 Å². The number of hydrazine groups is 1. The molecule has 1 aliphatic heterocycles. The highest BCUT2D eigenvalue weighted by Crippen LogP contribution is 2.32. The highest BCUT2D eigenvalue weighted by atomic mass is 16.5. The van der Waals surface area contributed by atoms with E-state index in [1.165, 1.54) is 11.1 Å². The Morgan fingerprint density at radius 1 is 1.04 bits per heavy atom. The standard InChI is InChI=1S/C20H27N3O/c1-14(2)10-11-24-18-8-6-15(7-9-18)19-13-20(23-22-19)16-4-3-5-17(21)12-16/h3-9,12,14,19-20,22-23H,10-11,13,21H2,1-2H3. The molecule has 1 fully saturated rings. The van der Waals surface area contributed by atoms with E-state index >= 15 is 0 Å². The van der Waals surface area contributed by atoms with Crippen LogP contribution >= 0.6 is 0 Å². The van der Waals surface area contributed by atoms with Crippen LogP contribution in [0.5, 0.6) is 5.75 Å². The zero-order valence-electron chi connectivity index (χ0n) is 14.5. The number of ether oxygens (including phenoxy) is 1. The molecule has 4 nitrogen and oxygen atoms in total. The second-order valence-electron chi connectivity index (χ2n) is 6.90. The van der Waals surface area contributed by atoms with Crippen molar-refractivity contribution in [1.82, 2.24) is 10.9 Å². The highest BCUT2D eigenvalue weighted by molar-refractivity contribution is 5.42.